The van der Waals surface area contributed by atoms with Crippen molar-refractivity contribution in [1.29, 1.82) is 0 Å². The second kappa shape index (κ2) is 6.99. The van der Waals surface area contributed by atoms with Crippen LogP contribution in [-0.4, -0.2) is 36.9 Å². The largest absolute Gasteiger partial charge is 0.507 e. The van der Waals surface area contributed by atoms with Crippen LogP contribution in [-0.2, 0) is 0 Å². The smallest absolute Gasteiger partial charge is 0.124 e. The molecule has 0 aromatic heterocycles. The Labute approximate surface area is 124 Å². The van der Waals surface area contributed by atoms with Gasteiger partial charge in [-0.15, -0.1) is 0 Å². The van der Waals surface area contributed by atoms with Gasteiger partial charge in [0, 0.05) is 11.8 Å². The number of para-hydroxylation sites is 1. The molecule has 0 unspecified atom stereocenters. The molecule has 0 heterocycles. The molecule has 21 heavy (non-hydrogen) atoms. The fraction of sp³-hybridized carbons (Fsp3) is 0.235. The Balaban J connectivity index is 2.13. The van der Waals surface area contributed by atoms with Crippen LogP contribution in [0.15, 0.2) is 53.5 Å². The molecule has 0 spiro atoms. The third kappa shape index (κ3) is 4.13. The molecule has 0 saturated carbocycles. The van der Waals surface area contributed by atoms with E-state index in [0.717, 1.165) is 5.56 Å². The summed E-state index contributed by atoms with van der Waals surface area (Å²) in [6.45, 7) is 0.491. The molecule has 0 radical (unpaired) electrons. The first kappa shape index (κ1) is 15.2. The number of phenolic OH excluding ortho intramolecular Hbond substituents is 1. The molecule has 4 heteroatoms. The van der Waals surface area contributed by atoms with Gasteiger partial charge in [-0.05, 0) is 43.9 Å². The molecule has 3 nitrogen and oxygen atoms in total. The Morgan fingerprint density at radius 1 is 1.19 bits per heavy atom. The number of halogens is 1. The SMILES string of the molecule is CN(C)[C@@H](CN=Cc1ccccc1O)c1cccc(F)c1. The van der Waals surface area contributed by atoms with Crippen LogP contribution in [0.25, 0.3) is 0 Å². The van der Waals surface area contributed by atoms with Crippen molar-refractivity contribution < 1.29 is 9.50 Å². The third-order valence-corrected chi connectivity index (χ3v) is 3.30. The summed E-state index contributed by atoms with van der Waals surface area (Å²) in [5.74, 6) is -0.0440. The maximum absolute atomic E-state index is 13.3. The number of aliphatic imine (C=N–C) groups is 1. The number of aromatic hydroxyl groups is 1. The lowest BCUT2D eigenvalue weighted by Gasteiger charge is -2.23. The van der Waals surface area contributed by atoms with Crippen LogP contribution in [0.2, 0.25) is 0 Å². The Bertz CT molecular complexity index is 626. The molecule has 0 saturated heterocycles. The lowest BCUT2D eigenvalue weighted by atomic mass is 10.1. The number of hydrogen-bond acceptors (Lipinski definition) is 3. The third-order valence-electron chi connectivity index (χ3n) is 3.30. The fourth-order valence-electron chi connectivity index (χ4n) is 2.13. The zero-order valence-electron chi connectivity index (χ0n) is 12.2. The van der Waals surface area contributed by atoms with Crippen molar-refractivity contribution in [3.05, 3.63) is 65.5 Å². The van der Waals surface area contributed by atoms with Crippen molar-refractivity contribution in [2.45, 2.75) is 6.04 Å². The van der Waals surface area contributed by atoms with Crippen LogP contribution in [0.1, 0.15) is 17.2 Å². The number of likely N-dealkylation sites (N-methyl/N-ethyl adjacent to an activating group) is 1. The molecule has 2 aromatic carbocycles. The van der Waals surface area contributed by atoms with Gasteiger partial charge in [-0.1, -0.05) is 24.3 Å². The second-order valence-electron chi connectivity index (χ2n) is 5.09. The topological polar surface area (TPSA) is 35.8 Å². The summed E-state index contributed by atoms with van der Waals surface area (Å²) in [6.07, 6.45) is 1.64. The molecule has 2 rings (SSSR count). The van der Waals surface area contributed by atoms with Gasteiger partial charge >= 0.3 is 0 Å². The van der Waals surface area contributed by atoms with Crippen LogP contribution in [0.3, 0.4) is 0 Å². The molecule has 0 amide bonds. The predicted molar refractivity (Wildman–Crippen MR) is 83.4 cm³/mol. The summed E-state index contributed by atoms with van der Waals surface area (Å²) in [6, 6.07) is 13.6. The Kier molecular flexibility index (Phi) is 5.06. The van der Waals surface area contributed by atoms with Gasteiger partial charge in [-0.3, -0.25) is 4.99 Å². The fourth-order valence-corrected chi connectivity index (χ4v) is 2.13. The van der Waals surface area contributed by atoms with Gasteiger partial charge in [0.1, 0.15) is 11.6 Å². The van der Waals surface area contributed by atoms with Crippen LogP contribution < -0.4 is 0 Å². The van der Waals surface area contributed by atoms with E-state index in [9.17, 15) is 9.50 Å². The maximum Gasteiger partial charge on any atom is 0.124 e. The molecule has 2 aromatic rings. The minimum atomic E-state index is -0.246. The van der Waals surface area contributed by atoms with Gasteiger partial charge in [-0.25, -0.2) is 4.39 Å². The highest BCUT2D eigenvalue weighted by Gasteiger charge is 2.13. The first-order valence-corrected chi connectivity index (χ1v) is 6.77. The quantitative estimate of drug-likeness (QED) is 0.856. The summed E-state index contributed by atoms with van der Waals surface area (Å²) < 4.78 is 13.3. The molecule has 110 valence electrons. The normalized spacial score (nSPS) is 13.0. The molecule has 0 fully saturated rings. The highest BCUT2D eigenvalue weighted by molar-refractivity contribution is 5.83. The van der Waals surface area contributed by atoms with Crippen molar-refractivity contribution in [1.82, 2.24) is 4.90 Å². The highest BCUT2D eigenvalue weighted by atomic mass is 19.1. The van der Waals surface area contributed by atoms with Gasteiger partial charge in [0.05, 0.1) is 12.6 Å². The molecular formula is C17H19FN2O. The van der Waals surface area contributed by atoms with Crippen molar-refractivity contribution >= 4 is 6.21 Å². The lowest BCUT2D eigenvalue weighted by molar-refractivity contribution is 0.306. The van der Waals surface area contributed by atoms with Gasteiger partial charge in [-0.2, -0.15) is 0 Å². The minimum absolute atomic E-state index is 0.0113. The summed E-state index contributed by atoms with van der Waals surface area (Å²) in [5.41, 5.74) is 1.56. The molecule has 1 N–H and O–H groups in total. The molecule has 0 aliphatic carbocycles. The van der Waals surface area contributed by atoms with E-state index >= 15 is 0 Å². The second-order valence-corrected chi connectivity index (χ2v) is 5.09. The van der Waals surface area contributed by atoms with Crippen molar-refractivity contribution in [2.75, 3.05) is 20.6 Å². The van der Waals surface area contributed by atoms with Gasteiger partial charge in [0.2, 0.25) is 0 Å². The first-order chi connectivity index (χ1) is 10.1. The lowest BCUT2D eigenvalue weighted by Crippen LogP contribution is -2.22. The van der Waals surface area contributed by atoms with E-state index in [1.165, 1.54) is 12.1 Å². The predicted octanol–water partition coefficient (Wildman–Crippen LogP) is 3.25. The summed E-state index contributed by atoms with van der Waals surface area (Å²) >= 11 is 0. The Hall–Kier alpha value is -2.20. The van der Waals surface area contributed by atoms with E-state index < -0.39 is 0 Å². The van der Waals surface area contributed by atoms with Crippen LogP contribution in [0, 0.1) is 5.82 Å². The number of benzene rings is 2. The zero-order chi connectivity index (χ0) is 15.2. The molecule has 1 atom stereocenters. The Morgan fingerprint density at radius 3 is 2.62 bits per heavy atom. The minimum Gasteiger partial charge on any atom is -0.507 e. The van der Waals surface area contributed by atoms with Crippen LogP contribution >= 0.6 is 0 Å². The monoisotopic (exact) mass is 286 g/mol. The molecular weight excluding hydrogens is 267 g/mol. The van der Waals surface area contributed by atoms with Gasteiger partial charge in [0.25, 0.3) is 0 Å². The number of phenols is 1. The van der Waals surface area contributed by atoms with Crippen molar-refractivity contribution in [2.24, 2.45) is 4.99 Å². The van der Waals surface area contributed by atoms with E-state index in [1.807, 2.05) is 31.1 Å². The average molecular weight is 286 g/mol. The van der Waals surface area contributed by atoms with E-state index in [0.29, 0.717) is 12.1 Å². The number of rotatable bonds is 5. The van der Waals surface area contributed by atoms with E-state index in [-0.39, 0.29) is 17.6 Å². The van der Waals surface area contributed by atoms with E-state index in [2.05, 4.69) is 4.99 Å². The summed E-state index contributed by atoms with van der Waals surface area (Å²) in [5, 5.41) is 9.69. The van der Waals surface area contributed by atoms with Gasteiger partial charge < -0.3 is 10.0 Å². The zero-order valence-corrected chi connectivity index (χ0v) is 12.2. The van der Waals surface area contributed by atoms with Crippen LogP contribution in [0.4, 0.5) is 4.39 Å². The van der Waals surface area contributed by atoms with Gasteiger partial charge in [0.15, 0.2) is 0 Å². The van der Waals surface area contributed by atoms with Crippen LogP contribution in [0.5, 0.6) is 5.75 Å². The highest BCUT2D eigenvalue weighted by Crippen LogP contribution is 2.20. The van der Waals surface area contributed by atoms with E-state index in [1.54, 1.807) is 30.5 Å². The Morgan fingerprint density at radius 2 is 1.95 bits per heavy atom. The van der Waals surface area contributed by atoms with Crippen molar-refractivity contribution in [3.8, 4) is 5.75 Å². The molecule has 0 aliphatic heterocycles. The number of hydrogen-bond donors (Lipinski definition) is 1. The molecule has 0 aliphatic rings. The first-order valence-electron chi connectivity index (χ1n) is 6.77. The molecule has 0 bridgehead atoms. The number of nitrogens with zero attached hydrogens (tertiary/aromatic N) is 2. The summed E-state index contributed by atoms with van der Waals surface area (Å²) in [4.78, 5) is 6.38. The van der Waals surface area contributed by atoms with Crippen molar-refractivity contribution in [3.63, 3.8) is 0 Å². The maximum atomic E-state index is 13.3. The summed E-state index contributed by atoms with van der Waals surface area (Å²) in [7, 11) is 3.87. The average Bonchev–Trinajstić information content (AvgIpc) is 2.45. The van der Waals surface area contributed by atoms with E-state index in [4.69, 9.17) is 0 Å². The standard InChI is InChI=1S/C17H19FN2O/c1-20(2)16(13-7-5-8-15(18)10-13)12-19-11-14-6-3-4-9-17(14)21/h3-11,16,21H,12H2,1-2H3/t16-/m0/s1.